The molecule has 2 aliphatic rings. The molecular weight excluding hydrogens is 229 g/mol. The van der Waals surface area contributed by atoms with Gasteiger partial charge < -0.3 is 5.32 Å². The topological polar surface area (TPSA) is 15.3 Å². The Hall–Kier alpha value is -0.290. The lowest BCUT2D eigenvalue weighted by Gasteiger charge is -2.44. The third-order valence-corrected chi connectivity index (χ3v) is 4.12. The SMILES string of the molecule is CC(CC(F)(F)F)N1CCNC2(CCCC2)C1. The molecule has 0 aromatic heterocycles. The molecule has 1 heterocycles. The standard InChI is InChI=1S/C12H21F3N2/c1-10(8-12(13,14)15)17-7-6-16-11(9-17)4-2-3-5-11/h10,16H,2-9H2,1H3. The summed E-state index contributed by atoms with van der Waals surface area (Å²) in [7, 11) is 0. The van der Waals surface area contributed by atoms with Crippen molar-refractivity contribution in [2.75, 3.05) is 19.6 Å². The molecule has 0 amide bonds. The van der Waals surface area contributed by atoms with E-state index in [1.54, 1.807) is 6.92 Å². The van der Waals surface area contributed by atoms with Crippen LogP contribution in [0.3, 0.4) is 0 Å². The lowest BCUT2D eigenvalue weighted by Crippen LogP contribution is -2.61. The van der Waals surface area contributed by atoms with Crippen LogP contribution < -0.4 is 5.32 Å². The maximum atomic E-state index is 12.4. The van der Waals surface area contributed by atoms with Gasteiger partial charge in [0.2, 0.25) is 0 Å². The summed E-state index contributed by atoms with van der Waals surface area (Å²) in [6.07, 6.45) is -0.107. The molecule has 1 aliphatic carbocycles. The summed E-state index contributed by atoms with van der Waals surface area (Å²) in [5.41, 5.74) is 0.109. The molecule has 0 radical (unpaired) electrons. The van der Waals surface area contributed by atoms with E-state index >= 15 is 0 Å². The van der Waals surface area contributed by atoms with E-state index < -0.39 is 18.6 Å². The van der Waals surface area contributed by atoms with Crippen LogP contribution in [0.5, 0.6) is 0 Å². The Kier molecular flexibility index (Phi) is 3.69. The minimum Gasteiger partial charge on any atom is -0.309 e. The van der Waals surface area contributed by atoms with Crippen LogP contribution in [0, 0.1) is 0 Å². The minimum absolute atomic E-state index is 0.109. The lowest BCUT2D eigenvalue weighted by atomic mass is 9.93. The molecule has 1 N–H and O–H groups in total. The van der Waals surface area contributed by atoms with Crippen LogP contribution in [0.2, 0.25) is 0 Å². The molecule has 1 saturated heterocycles. The Morgan fingerprint density at radius 3 is 2.53 bits per heavy atom. The van der Waals surface area contributed by atoms with Gasteiger partial charge in [0.25, 0.3) is 0 Å². The summed E-state index contributed by atoms with van der Waals surface area (Å²) in [4.78, 5) is 2.01. The van der Waals surface area contributed by atoms with Crippen LogP contribution in [0.15, 0.2) is 0 Å². The van der Waals surface area contributed by atoms with E-state index in [1.165, 1.54) is 12.8 Å². The molecule has 1 spiro atoms. The van der Waals surface area contributed by atoms with Crippen molar-refractivity contribution in [2.45, 2.75) is 56.8 Å². The second-order valence-corrected chi connectivity index (χ2v) is 5.55. The highest BCUT2D eigenvalue weighted by Crippen LogP contribution is 2.33. The van der Waals surface area contributed by atoms with Gasteiger partial charge in [-0.25, -0.2) is 0 Å². The van der Waals surface area contributed by atoms with Crippen LogP contribution in [0.4, 0.5) is 13.2 Å². The summed E-state index contributed by atoms with van der Waals surface area (Å²) in [6.45, 7) is 4.03. The Bertz CT molecular complexity index is 259. The third-order valence-electron chi connectivity index (χ3n) is 4.12. The number of hydrogen-bond acceptors (Lipinski definition) is 2. The van der Waals surface area contributed by atoms with Crippen molar-refractivity contribution in [2.24, 2.45) is 0 Å². The van der Waals surface area contributed by atoms with Gasteiger partial charge in [-0.3, -0.25) is 4.90 Å². The summed E-state index contributed by atoms with van der Waals surface area (Å²) < 4.78 is 37.2. The number of nitrogens with zero attached hydrogens (tertiary/aromatic N) is 1. The summed E-state index contributed by atoms with van der Waals surface area (Å²) >= 11 is 0. The van der Waals surface area contributed by atoms with Gasteiger partial charge in [0.15, 0.2) is 0 Å². The molecule has 2 rings (SSSR count). The summed E-state index contributed by atoms with van der Waals surface area (Å²) in [5, 5.41) is 3.52. The van der Waals surface area contributed by atoms with Gasteiger partial charge in [-0.1, -0.05) is 12.8 Å². The van der Waals surface area contributed by atoms with Crippen LogP contribution in [-0.4, -0.2) is 42.3 Å². The first-order valence-electron chi connectivity index (χ1n) is 6.46. The fourth-order valence-corrected chi connectivity index (χ4v) is 3.22. The minimum atomic E-state index is -4.05. The molecule has 1 aliphatic heterocycles. The van der Waals surface area contributed by atoms with Crippen molar-refractivity contribution in [1.82, 2.24) is 10.2 Å². The molecule has 2 fully saturated rings. The molecule has 100 valence electrons. The van der Waals surface area contributed by atoms with Gasteiger partial charge in [0.05, 0.1) is 6.42 Å². The van der Waals surface area contributed by atoms with E-state index in [4.69, 9.17) is 0 Å². The predicted molar refractivity (Wildman–Crippen MR) is 60.9 cm³/mol. The van der Waals surface area contributed by atoms with E-state index in [0.717, 1.165) is 32.5 Å². The van der Waals surface area contributed by atoms with E-state index in [2.05, 4.69) is 5.32 Å². The molecule has 1 atom stereocenters. The molecule has 17 heavy (non-hydrogen) atoms. The number of halogens is 3. The monoisotopic (exact) mass is 250 g/mol. The first-order valence-corrected chi connectivity index (χ1v) is 6.46. The fourth-order valence-electron chi connectivity index (χ4n) is 3.22. The molecule has 0 bridgehead atoms. The Morgan fingerprint density at radius 2 is 1.94 bits per heavy atom. The normalized spacial score (nSPS) is 27.5. The zero-order chi connectivity index (χ0) is 12.5. The Balaban J connectivity index is 1.92. The van der Waals surface area contributed by atoms with Crippen molar-refractivity contribution in [1.29, 1.82) is 0 Å². The van der Waals surface area contributed by atoms with E-state index in [1.807, 2.05) is 4.90 Å². The Labute approximate surface area is 101 Å². The van der Waals surface area contributed by atoms with Gasteiger partial charge >= 0.3 is 6.18 Å². The molecule has 1 saturated carbocycles. The van der Waals surface area contributed by atoms with Crippen LogP contribution in [0.1, 0.15) is 39.0 Å². The average molecular weight is 250 g/mol. The smallest absolute Gasteiger partial charge is 0.309 e. The van der Waals surface area contributed by atoms with Crippen molar-refractivity contribution in [3.05, 3.63) is 0 Å². The van der Waals surface area contributed by atoms with Crippen molar-refractivity contribution in [3.63, 3.8) is 0 Å². The fraction of sp³-hybridized carbons (Fsp3) is 1.00. The maximum Gasteiger partial charge on any atom is 0.390 e. The second kappa shape index (κ2) is 4.76. The summed E-state index contributed by atoms with van der Waals surface area (Å²) in [5.74, 6) is 0. The molecule has 0 aromatic carbocycles. The van der Waals surface area contributed by atoms with Crippen molar-refractivity contribution in [3.8, 4) is 0 Å². The van der Waals surface area contributed by atoms with E-state index in [9.17, 15) is 13.2 Å². The first kappa shape index (κ1) is 13.1. The van der Waals surface area contributed by atoms with E-state index in [-0.39, 0.29) is 5.54 Å². The third kappa shape index (κ3) is 3.35. The van der Waals surface area contributed by atoms with Gasteiger partial charge in [-0.15, -0.1) is 0 Å². The van der Waals surface area contributed by atoms with Gasteiger partial charge in [0, 0.05) is 31.2 Å². The molecule has 1 unspecified atom stereocenters. The molecule has 2 nitrogen and oxygen atoms in total. The van der Waals surface area contributed by atoms with Crippen molar-refractivity contribution < 1.29 is 13.2 Å². The van der Waals surface area contributed by atoms with Gasteiger partial charge in [-0.2, -0.15) is 13.2 Å². The maximum absolute atomic E-state index is 12.4. The van der Waals surface area contributed by atoms with E-state index in [0.29, 0.717) is 0 Å². The van der Waals surface area contributed by atoms with Crippen LogP contribution in [-0.2, 0) is 0 Å². The molecule has 0 aromatic rings. The average Bonchev–Trinajstić information content (AvgIpc) is 2.64. The number of piperazine rings is 1. The van der Waals surface area contributed by atoms with Gasteiger partial charge in [-0.05, 0) is 19.8 Å². The number of nitrogens with one attached hydrogen (secondary N) is 1. The zero-order valence-corrected chi connectivity index (χ0v) is 10.3. The van der Waals surface area contributed by atoms with Gasteiger partial charge in [0.1, 0.15) is 0 Å². The second-order valence-electron chi connectivity index (χ2n) is 5.55. The molecular formula is C12H21F3N2. The van der Waals surface area contributed by atoms with Crippen LogP contribution in [0.25, 0.3) is 0 Å². The highest BCUT2D eigenvalue weighted by molar-refractivity contribution is 4.99. The lowest BCUT2D eigenvalue weighted by molar-refractivity contribution is -0.147. The highest BCUT2D eigenvalue weighted by atomic mass is 19.4. The predicted octanol–water partition coefficient (Wildman–Crippen LogP) is 2.55. The number of alkyl halides is 3. The number of rotatable bonds is 2. The molecule has 5 heteroatoms. The van der Waals surface area contributed by atoms with Crippen molar-refractivity contribution >= 4 is 0 Å². The number of hydrogen-bond donors (Lipinski definition) is 1. The highest BCUT2D eigenvalue weighted by Gasteiger charge is 2.40. The zero-order valence-electron chi connectivity index (χ0n) is 10.3. The Morgan fingerprint density at radius 1 is 1.29 bits per heavy atom. The summed E-state index contributed by atoms with van der Waals surface area (Å²) in [6, 6.07) is -0.394. The largest absolute Gasteiger partial charge is 0.390 e. The first-order chi connectivity index (χ1) is 7.90. The van der Waals surface area contributed by atoms with Crippen LogP contribution >= 0.6 is 0 Å². The quantitative estimate of drug-likeness (QED) is 0.810.